The summed E-state index contributed by atoms with van der Waals surface area (Å²) in [6, 6.07) is 6.19. The number of imidazole rings is 1. The Bertz CT molecular complexity index is 519. The largest absolute Gasteiger partial charge is 0.399 e. The van der Waals surface area contributed by atoms with Crippen molar-refractivity contribution in [2.45, 2.75) is 26.3 Å². The lowest BCUT2D eigenvalue weighted by Crippen LogP contribution is -2.15. The highest BCUT2D eigenvalue weighted by molar-refractivity contribution is 5.79. The first-order chi connectivity index (χ1) is 8.17. The van der Waals surface area contributed by atoms with Crippen LogP contribution in [0.5, 0.6) is 0 Å². The van der Waals surface area contributed by atoms with Crippen LogP contribution in [0.1, 0.15) is 25.2 Å². The quantitative estimate of drug-likeness (QED) is 0.825. The van der Waals surface area contributed by atoms with Crippen LogP contribution in [-0.4, -0.2) is 23.3 Å². The van der Waals surface area contributed by atoms with Crippen LogP contribution >= 0.6 is 0 Å². The molecule has 0 radical (unpaired) electrons. The number of methoxy groups -OCH3 is 1. The van der Waals surface area contributed by atoms with E-state index in [0.29, 0.717) is 12.6 Å². The molecule has 0 fully saturated rings. The minimum atomic E-state index is 0.327. The Morgan fingerprint density at radius 3 is 2.88 bits per heavy atom. The maximum atomic E-state index is 5.78. The zero-order valence-corrected chi connectivity index (χ0v) is 10.6. The third kappa shape index (κ3) is 2.13. The Hall–Kier alpha value is -1.55. The first-order valence-electron chi connectivity index (χ1n) is 5.90. The molecule has 2 rings (SSSR count). The van der Waals surface area contributed by atoms with Crippen LogP contribution in [0, 0.1) is 6.92 Å². The van der Waals surface area contributed by atoms with Gasteiger partial charge in [-0.3, -0.25) is 0 Å². The Balaban J connectivity index is 2.55. The summed E-state index contributed by atoms with van der Waals surface area (Å²) in [5.74, 6) is 1.01. The highest BCUT2D eigenvalue weighted by atomic mass is 16.5. The molecule has 1 unspecified atom stereocenters. The van der Waals surface area contributed by atoms with E-state index in [9.17, 15) is 0 Å². The average molecular weight is 233 g/mol. The fourth-order valence-corrected chi connectivity index (χ4v) is 2.26. The van der Waals surface area contributed by atoms with Crippen molar-refractivity contribution >= 4 is 16.7 Å². The molecule has 0 saturated heterocycles. The Kier molecular flexibility index (Phi) is 3.33. The summed E-state index contributed by atoms with van der Waals surface area (Å²) in [5, 5.41) is 0. The van der Waals surface area contributed by atoms with Gasteiger partial charge in [0.15, 0.2) is 0 Å². The fraction of sp³-hybridized carbons (Fsp3) is 0.462. The molecule has 0 aliphatic heterocycles. The molecule has 0 spiro atoms. The smallest absolute Gasteiger partial charge is 0.107 e. The van der Waals surface area contributed by atoms with E-state index in [1.807, 2.05) is 25.1 Å². The number of nitrogen functional groups attached to an aromatic ring is 1. The van der Waals surface area contributed by atoms with Gasteiger partial charge in [0, 0.05) is 12.8 Å². The van der Waals surface area contributed by atoms with Crippen molar-refractivity contribution in [2.24, 2.45) is 0 Å². The van der Waals surface area contributed by atoms with Gasteiger partial charge in [-0.15, -0.1) is 0 Å². The van der Waals surface area contributed by atoms with Gasteiger partial charge in [-0.05, 0) is 31.5 Å². The second-order valence-electron chi connectivity index (χ2n) is 4.29. The van der Waals surface area contributed by atoms with Gasteiger partial charge in [0.1, 0.15) is 5.82 Å². The number of hydrogen-bond acceptors (Lipinski definition) is 3. The van der Waals surface area contributed by atoms with Crippen LogP contribution in [0.2, 0.25) is 0 Å². The highest BCUT2D eigenvalue weighted by Crippen LogP contribution is 2.24. The van der Waals surface area contributed by atoms with Gasteiger partial charge in [-0.25, -0.2) is 4.98 Å². The molecule has 0 aliphatic rings. The predicted molar refractivity (Wildman–Crippen MR) is 70.1 cm³/mol. The first kappa shape index (κ1) is 11.9. The normalized spacial score (nSPS) is 13.1. The number of hydrogen-bond donors (Lipinski definition) is 1. The second-order valence-corrected chi connectivity index (χ2v) is 4.29. The van der Waals surface area contributed by atoms with Gasteiger partial charge in [-0.2, -0.15) is 0 Å². The molecule has 1 aromatic heterocycles. The summed E-state index contributed by atoms with van der Waals surface area (Å²) < 4.78 is 7.51. The molecule has 4 heteroatoms. The van der Waals surface area contributed by atoms with Crippen LogP contribution < -0.4 is 5.73 Å². The Morgan fingerprint density at radius 1 is 1.47 bits per heavy atom. The monoisotopic (exact) mass is 233 g/mol. The van der Waals surface area contributed by atoms with Gasteiger partial charge in [-0.1, -0.05) is 6.92 Å². The first-order valence-corrected chi connectivity index (χ1v) is 5.90. The number of aryl methyl sites for hydroxylation is 1. The van der Waals surface area contributed by atoms with Crippen molar-refractivity contribution in [1.29, 1.82) is 0 Å². The average Bonchev–Trinajstić information content (AvgIpc) is 2.61. The third-order valence-electron chi connectivity index (χ3n) is 3.09. The number of nitrogens with zero attached hydrogens (tertiary/aromatic N) is 2. The SMILES string of the molecule is CCC(COC)n1c(C)nc2cc(N)ccc21. The molecule has 0 aliphatic carbocycles. The standard InChI is InChI=1S/C13H19N3O/c1-4-11(8-17-3)16-9(2)15-12-7-10(14)5-6-13(12)16/h5-7,11H,4,8,14H2,1-3H3. The van der Waals surface area contributed by atoms with E-state index in [1.165, 1.54) is 0 Å². The van der Waals surface area contributed by atoms with Crippen LogP contribution in [0.15, 0.2) is 18.2 Å². The number of fused-ring (bicyclic) bond motifs is 1. The van der Waals surface area contributed by atoms with E-state index in [4.69, 9.17) is 10.5 Å². The minimum Gasteiger partial charge on any atom is -0.399 e. The minimum absolute atomic E-state index is 0.327. The number of rotatable bonds is 4. The highest BCUT2D eigenvalue weighted by Gasteiger charge is 2.15. The van der Waals surface area contributed by atoms with Gasteiger partial charge in [0.2, 0.25) is 0 Å². The summed E-state index contributed by atoms with van der Waals surface area (Å²) >= 11 is 0. The lowest BCUT2D eigenvalue weighted by Gasteiger charge is -2.18. The Labute approximate surface area is 101 Å². The number of ether oxygens (including phenoxy) is 1. The molecule has 17 heavy (non-hydrogen) atoms. The molecule has 1 aromatic carbocycles. The van der Waals surface area contributed by atoms with Crippen molar-refractivity contribution in [3.8, 4) is 0 Å². The van der Waals surface area contributed by atoms with Gasteiger partial charge < -0.3 is 15.0 Å². The van der Waals surface area contributed by atoms with Crippen molar-refractivity contribution in [1.82, 2.24) is 9.55 Å². The van der Waals surface area contributed by atoms with E-state index in [2.05, 4.69) is 16.5 Å². The molecule has 1 heterocycles. The molecule has 4 nitrogen and oxygen atoms in total. The molecule has 2 aromatic rings. The van der Waals surface area contributed by atoms with E-state index >= 15 is 0 Å². The maximum Gasteiger partial charge on any atom is 0.107 e. The summed E-state index contributed by atoms with van der Waals surface area (Å²) in [5.41, 5.74) is 8.61. The summed E-state index contributed by atoms with van der Waals surface area (Å²) in [4.78, 5) is 4.55. The second kappa shape index (κ2) is 4.75. The van der Waals surface area contributed by atoms with E-state index in [1.54, 1.807) is 7.11 Å². The topological polar surface area (TPSA) is 53.1 Å². The lowest BCUT2D eigenvalue weighted by molar-refractivity contribution is 0.154. The molecule has 0 amide bonds. The molecule has 0 saturated carbocycles. The van der Waals surface area contributed by atoms with E-state index < -0.39 is 0 Å². The predicted octanol–water partition coefficient (Wildman–Crippen LogP) is 2.52. The van der Waals surface area contributed by atoms with Crippen LogP contribution in [0.25, 0.3) is 11.0 Å². The number of nitrogens with two attached hydrogens (primary N) is 1. The fourth-order valence-electron chi connectivity index (χ4n) is 2.26. The molecular weight excluding hydrogens is 214 g/mol. The van der Waals surface area contributed by atoms with Gasteiger partial charge in [0.25, 0.3) is 0 Å². The number of anilines is 1. The van der Waals surface area contributed by atoms with Crippen LogP contribution in [0.4, 0.5) is 5.69 Å². The summed E-state index contributed by atoms with van der Waals surface area (Å²) in [6.45, 7) is 4.88. The molecule has 92 valence electrons. The summed E-state index contributed by atoms with van der Waals surface area (Å²) in [6.07, 6.45) is 1.02. The zero-order valence-electron chi connectivity index (χ0n) is 10.6. The van der Waals surface area contributed by atoms with Gasteiger partial charge in [0.05, 0.1) is 23.7 Å². The molecular formula is C13H19N3O. The van der Waals surface area contributed by atoms with Crippen LogP contribution in [0.3, 0.4) is 0 Å². The van der Waals surface area contributed by atoms with Crippen molar-refractivity contribution in [3.05, 3.63) is 24.0 Å². The summed E-state index contributed by atoms with van der Waals surface area (Å²) in [7, 11) is 1.73. The van der Waals surface area contributed by atoms with Crippen molar-refractivity contribution in [3.63, 3.8) is 0 Å². The Morgan fingerprint density at radius 2 is 2.24 bits per heavy atom. The molecule has 2 N–H and O–H groups in total. The molecule has 1 atom stereocenters. The van der Waals surface area contributed by atoms with Crippen molar-refractivity contribution in [2.75, 3.05) is 19.5 Å². The molecule has 0 bridgehead atoms. The van der Waals surface area contributed by atoms with Crippen molar-refractivity contribution < 1.29 is 4.74 Å². The third-order valence-corrected chi connectivity index (χ3v) is 3.09. The van der Waals surface area contributed by atoms with E-state index in [-0.39, 0.29) is 0 Å². The maximum absolute atomic E-state index is 5.78. The number of benzene rings is 1. The lowest BCUT2D eigenvalue weighted by atomic mass is 10.2. The van der Waals surface area contributed by atoms with Gasteiger partial charge >= 0.3 is 0 Å². The zero-order chi connectivity index (χ0) is 12.4. The number of aromatic nitrogens is 2. The van der Waals surface area contributed by atoms with Crippen LogP contribution in [-0.2, 0) is 4.74 Å². The van der Waals surface area contributed by atoms with E-state index in [0.717, 1.165) is 29.0 Å².